The highest BCUT2D eigenvalue weighted by molar-refractivity contribution is 7.89. The van der Waals surface area contributed by atoms with E-state index in [-0.39, 0.29) is 10.8 Å². The molecule has 0 atom stereocenters. The number of hydrogen-bond acceptors (Lipinski definition) is 3. The maximum absolute atomic E-state index is 13.7. The number of benzene rings is 1. The second-order valence-corrected chi connectivity index (χ2v) is 15.5. The first-order valence-electron chi connectivity index (χ1n) is 14.7. The normalized spacial score (nSPS) is 18.7. The number of aromatic nitrogens is 1. The molecule has 1 aliphatic heterocycles. The summed E-state index contributed by atoms with van der Waals surface area (Å²) in [5.41, 5.74) is 5.54. The molecule has 5 nitrogen and oxygen atoms in total. The Morgan fingerprint density at radius 1 is 0.842 bits per heavy atom. The lowest BCUT2D eigenvalue weighted by Crippen LogP contribution is -2.32. The van der Waals surface area contributed by atoms with Gasteiger partial charge in [0, 0.05) is 37.7 Å². The highest BCUT2D eigenvalue weighted by Crippen LogP contribution is 2.37. The van der Waals surface area contributed by atoms with Crippen LogP contribution in [0.25, 0.3) is 11.3 Å². The Balaban J connectivity index is 1.79. The van der Waals surface area contributed by atoms with Gasteiger partial charge in [0.2, 0.25) is 10.0 Å². The van der Waals surface area contributed by atoms with E-state index in [1.165, 1.54) is 43.2 Å². The molecule has 1 aromatic carbocycles. The molecule has 2 heterocycles. The fraction of sp³-hybridized carbons (Fsp3) is 0.688. The van der Waals surface area contributed by atoms with Crippen molar-refractivity contribution in [1.29, 1.82) is 0 Å². The largest absolute Gasteiger partial charge is 0.381 e. The van der Waals surface area contributed by atoms with Crippen LogP contribution in [0.3, 0.4) is 0 Å². The van der Waals surface area contributed by atoms with Crippen molar-refractivity contribution in [2.75, 3.05) is 19.8 Å². The molecule has 38 heavy (non-hydrogen) atoms. The van der Waals surface area contributed by atoms with Crippen molar-refractivity contribution in [1.82, 2.24) is 9.29 Å². The summed E-state index contributed by atoms with van der Waals surface area (Å²) in [7, 11) is -3.63. The Kier molecular flexibility index (Phi) is 8.86. The Morgan fingerprint density at radius 2 is 1.42 bits per heavy atom. The van der Waals surface area contributed by atoms with Crippen LogP contribution in [-0.4, -0.2) is 32.7 Å². The minimum Gasteiger partial charge on any atom is -0.381 e. The van der Waals surface area contributed by atoms with Crippen LogP contribution < -0.4 is 4.72 Å². The summed E-state index contributed by atoms with van der Waals surface area (Å²) < 4.78 is 38.1. The van der Waals surface area contributed by atoms with E-state index in [1.807, 2.05) is 13.0 Å². The first-order chi connectivity index (χ1) is 17.8. The van der Waals surface area contributed by atoms with Gasteiger partial charge in [0.05, 0.1) is 0 Å². The Hall–Kier alpha value is -1.63. The molecule has 0 bridgehead atoms. The van der Waals surface area contributed by atoms with E-state index in [0.29, 0.717) is 36.5 Å². The standard InChI is InChI=1S/C32H50N2O3S/c1-23-30(38(35,36)33-21-24-13-15-37-16-14-24)20-29(34(23)22-25-11-9-8-10-12-25)26-17-27(31(2,3)4)19-28(18-26)32(5,6)7/h17-20,24-25,33H,8-16,21-22H2,1-7H3. The molecule has 0 unspecified atom stereocenters. The molecule has 2 aliphatic rings. The van der Waals surface area contributed by atoms with Gasteiger partial charge < -0.3 is 9.30 Å². The van der Waals surface area contributed by atoms with Crippen molar-refractivity contribution in [2.45, 2.75) is 116 Å². The van der Waals surface area contributed by atoms with Crippen molar-refractivity contribution in [3.05, 3.63) is 41.1 Å². The second-order valence-electron chi connectivity index (χ2n) is 13.8. The lowest BCUT2D eigenvalue weighted by molar-refractivity contribution is 0.0678. The third kappa shape index (κ3) is 6.92. The van der Waals surface area contributed by atoms with Crippen molar-refractivity contribution in [3.8, 4) is 11.3 Å². The van der Waals surface area contributed by atoms with Crippen molar-refractivity contribution in [2.24, 2.45) is 11.8 Å². The monoisotopic (exact) mass is 542 g/mol. The molecule has 1 aromatic heterocycles. The highest BCUT2D eigenvalue weighted by atomic mass is 32.2. The molecular formula is C32H50N2O3S. The number of ether oxygens (including phenoxy) is 1. The van der Waals surface area contributed by atoms with Gasteiger partial charge in [0.25, 0.3) is 0 Å². The van der Waals surface area contributed by atoms with Crippen molar-refractivity contribution in [3.63, 3.8) is 0 Å². The van der Waals surface area contributed by atoms with Gasteiger partial charge in [-0.2, -0.15) is 0 Å². The minimum absolute atomic E-state index is 0.00792. The topological polar surface area (TPSA) is 60.3 Å². The van der Waals surface area contributed by atoms with Gasteiger partial charge in [-0.3, -0.25) is 0 Å². The van der Waals surface area contributed by atoms with E-state index >= 15 is 0 Å². The van der Waals surface area contributed by atoms with E-state index in [1.54, 1.807) is 0 Å². The third-order valence-corrected chi connectivity index (χ3v) is 10.2. The molecule has 0 radical (unpaired) electrons. The molecule has 6 heteroatoms. The maximum Gasteiger partial charge on any atom is 0.242 e. The van der Waals surface area contributed by atoms with Gasteiger partial charge in [-0.05, 0) is 90.2 Å². The van der Waals surface area contributed by atoms with E-state index < -0.39 is 10.0 Å². The van der Waals surface area contributed by atoms with Gasteiger partial charge in [-0.15, -0.1) is 0 Å². The SMILES string of the molecule is Cc1c(S(=O)(=O)NCC2CCOCC2)cc(-c2cc(C(C)(C)C)cc(C(C)(C)C)c2)n1CC1CCCCC1. The van der Waals surface area contributed by atoms with Gasteiger partial charge in [-0.1, -0.05) is 66.9 Å². The lowest BCUT2D eigenvalue weighted by Gasteiger charge is -2.27. The summed E-state index contributed by atoms with van der Waals surface area (Å²) in [4.78, 5) is 0.425. The predicted molar refractivity (Wildman–Crippen MR) is 157 cm³/mol. The fourth-order valence-electron chi connectivity index (χ4n) is 5.89. The summed E-state index contributed by atoms with van der Waals surface area (Å²) in [5, 5.41) is 0. The Morgan fingerprint density at radius 3 is 1.97 bits per heavy atom. The van der Waals surface area contributed by atoms with Crippen LogP contribution in [0.4, 0.5) is 0 Å². The molecule has 212 valence electrons. The predicted octanol–water partition coefficient (Wildman–Crippen LogP) is 7.34. The highest BCUT2D eigenvalue weighted by Gasteiger charge is 2.28. The average Bonchev–Trinajstić information content (AvgIpc) is 3.19. The summed E-state index contributed by atoms with van der Waals surface area (Å²) >= 11 is 0. The van der Waals surface area contributed by atoms with E-state index in [2.05, 4.69) is 69.0 Å². The fourth-order valence-corrected chi connectivity index (χ4v) is 7.27. The molecule has 1 aliphatic carbocycles. The molecule has 0 amide bonds. The molecular weight excluding hydrogens is 492 g/mol. The summed E-state index contributed by atoms with van der Waals surface area (Å²) in [6, 6.07) is 8.84. The van der Waals surface area contributed by atoms with Crippen LogP contribution in [0.1, 0.15) is 103 Å². The molecule has 2 fully saturated rings. The summed E-state index contributed by atoms with van der Waals surface area (Å²) in [6.07, 6.45) is 8.10. The average molecular weight is 543 g/mol. The van der Waals surface area contributed by atoms with Crippen LogP contribution in [0.15, 0.2) is 29.2 Å². The lowest BCUT2D eigenvalue weighted by atomic mass is 9.79. The Bertz CT molecular complexity index is 1170. The van der Waals surface area contributed by atoms with Crippen molar-refractivity contribution < 1.29 is 13.2 Å². The van der Waals surface area contributed by atoms with Crippen LogP contribution in [0, 0.1) is 18.8 Å². The number of nitrogens with one attached hydrogen (secondary N) is 1. The van der Waals surface area contributed by atoms with Gasteiger partial charge >= 0.3 is 0 Å². The molecule has 0 spiro atoms. The van der Waals surface area contributed by atoms with Crippen LogP contribution >= 0.6 is 0 Å². The molecule has 2 aromatic rings. The second kappa shape index (κ2) is 11.5. The zero-order valence-electron chi connectivity index (χ0n) is 24.8. The quantitative estimate of drug-likeness (QED) is 0.398. The molecule has 1 saturated carbocycles. The Labute approximate surface area is 231 Å². The smallest absolute Gasteiger partial charge is 0.242 e. The van der Waals surface area contributed by atoms with Crippen LogP contribution in [0.2, 0.25) is 0 Å². The van der Waals surface area contributed by atoms with E-state index in [0.717, 1.165) is 36.3 Å². The van der Waals surface area contributed by atoms with Gasteiger partial charge in [0.15, 0.2) is 0 Å². The molecule has 1 N–H and O–H groups in total. The number of rotatable bonds is 7. The molecule has 1 saturated heterocycles. The van der Waals surface area contributed by atoms with E-state index in [4.69, 9.17) is 4.74 Å². The van der Waals surface area contributed by atoms with Gasteiger partial charge in [-0.25, -0.2) is 13.1 Å². The first-order valence-corrected chi connectivity index (χ1v) is 16.2. The maximum atomic E-state index is 13.7. The number of nitrogens with zero attached hydrogens (tertiary/aromatic N) is 1. The molecule has 4 rings (SSSR count). The van der Waals surface area contributed by atoms with Crippen LogP contribution in [-0.2, 0) is 32.1 Å². The first kappa shape index (κ1) is 29.4. The number of hydrogen-bond donors (Lipinski definition) is 1. The van der Waals surface area contributed by atoms with Crippen LogP contribution in [0.5, 0.6) is 0 Å². The summed E-state index contributed by atoms with van der Waals surface area (Å²) in [5.74, 6) is 0.924. The van der Waals surface area contributed by atoms with E-state index in [9.17, 15) is 8.42 Å². The third-order valence-electron chi connectivity index (χ3n) is 8.64. The zero-order valence-corrected chi connectivity index (χ0v) is 25.6. The summed E-state index contributed by atoms with van der Waals surface area (Å²) in [6.45, 7) is 18.3. The zero-order chi connectivity index (χ0) is 27.7. The number of sulfonamides is 1. The van der Waals surface area contributed by atoms with Gasteiger partial charge in [0.1, 0.15) is 4.90 Å². The van der Waals surface area contributed by atoms with Crippen molar-refractivity contribution >= 4 is 10.0 Å². The minimum atomic E-state index is -3.63.